The Morgan fingerprint density at radius 2 is 1.49 bits per heavy atom. The molecule has 0 aliphatic heterocycles. The number of anilines is 1. The maximum Gasteiger partial charge on any atom is 0.259 e. The predicted octanol–water partition coefficient (Wildman–Crippen LogP) is 6.81. The molecule has 6 nitrogen and oxygen atoms in total. The van der Waals surface area contributed by atoms with Crippen molar-refractivity contribution < 1.29 is 9.53 Å². The molecule has 0 aliphatic rings. The molecular weight excluding hydrogens is 460 g/mol. The molecule has 0 aliphatic carbocycles. The molecular formula is C31H28N4O2. The number of pyridine rings is 1. The van der Waals surface area contributed by atoms with Gasteiger partial charge in [-0.15, -0.1) is 0 Å². The topological polar surface area (TPSA) is 69.0 Å². The lowest BCUT2D eigenvalue weighted by atomic mass is 10.1. The van der Waals surface area contributed by atoms with Crippen LogP contribution < -0.4 is 10.1 Å². The van der Waals surface area contributed by atoms with E-state index in [0.29, 0.717) is 5.56 Å². The van der Waals surface area contributed by atoms with Crippen LogP contribution >= 0.6 is 0 Å². The largest absolute Gasteiger partial charge is 0.497 e. The molecule has 0 saturated heterocycles. The van der Waals surface area contributed by atoms with Crippen LogP contribution in [0.3, 0.4) is 0 Å². The first-order chi connectivity index (χ1) is 18.2. The van der Waals surface area contributed by atoms with Gasteiger partial charge in [-0.25, -0.2) is 9.67 Å². The molecule has 6 heteroatoms. The number of carbonyl (C=O) groups excluding carboxylic acids is 1. The smallest absolute Gasteiger partial charge is 0.259 e. The van der Waals surface area contributed by atoms with Crippen LogP contribution in [-0.2, 0) is 6.42 Å². The van der Waals surface area contributed by atoms with Crippen molar-refractivity contribution in [3.8, 4) is 34.0 Å². The first kappa shape index (κ1) is 24.0. The van der Waals surface area contributed by atoms with Gasteiger partial charge in [-0.05, 0) is 67.1 Å². The highest BCUT2D eigenvalue weighted by Crippen LogP contribution is 2.26. The van der Waals surface area contributed by atoms with E-state index in [1.54, 1.807) is 13.3 Å². The summed E-state index contributed by atoms with van der Waals surface area (Å²) in [6, 6.07) is 31.4. The van der Waals surface area contributed by atoms with E-state index < -0.39 is 0 Å². The van der Waals surface area contributed by atoms with Gasteiger partial charge in [-0.3, -0.25) is 4.79 Å². The normalized spacial score (nSPS) is 10.8. The van der Waals surface area contributed by atoms with Crippen molar-refractivity contribution in [2.45, 2.75) is 19.8 Å². The minimum absolute atomic E-state index is 0.169. The first-order valence-electron chi connectivity index (χ1n) is 12.3. The number of para-hydroxylation sites is 1. The number of ether oxygens (including phenoxy) is 1. The van der Waals surface area contributed by atoms with Gasteiger partial charge in [0.15, 0.2) is 0 Å². The number of benzene rings is 3. The van der Waals surface area contributed by atoms with Gasteiger partial charge in [0.25, 0.3) is 5.91 Å². The van der Waals surface area contributed by atoms with Crippen molar-refractivity contribution in [1.29, 1.82) is 0 Å². The molecule has 5 rings (SSSR count). The molecule has 2 heterocycles. The molecule has 2 aromatic heterocycles. The van der Waals surface area contributed by atoms with Crippen LogP contribution in [0.1, 0.15) is 29.4 Å². The van der Waals surface area contributed by atoms with Gasteiger partial charge < -0.3 is 10.1 Å². The zero-order valence-electron chi connectivity index (χ0n) is 20.9. The minimum atomic E-state index is -0.169. The number of aromatic nitrogens is 3. The van der Waals surface area contributed by atoms with Crippen molar-refractivity contribution in [2.75, 3.05) is 12.4 Å². The van der Waals surface area contributed by atoms with E-state index in [9.17, 15) is 4.79 Å². The average molecular weight is 489 g/mol. The van der Waals surface area contributed by atoms with Gasteiger partial charge in [-0.2, -0.15) is 5.10 Å². The van der Waals surface area contributed by atoms with Crippen LogP contribution in [0, 0.1) is 0 Å². The summed E-state index contributed by atoms with van der Waals surface area (Å²) in [5.41, 5.74) is 6.89. The second-order valence-corrected chi connectivity index (χ2v) is 8.67. The molecule has 0 saturated carbocycles. The van der Waals surface area contributed by atoms with E-state index in [2.05, 4.69) is 17.3 Å². The lowest BCUT2D eigenvalue weighted by Crippen LogP contribution is -2.14. The third kappa shape index (κ3) is 5.28. The van der Waals surface area contributed by atoms with Gasteiger partial charge in [0.1, 0.15) is 5.75 Å². The summed E-state index contributed by atoms with van der Waals surface area (Å²) in [5.74, 6) is 0.643. The molecule has 0 atom stereocenters. The van der Waals surface area contributed by atoms with Crippen LogP contribution in [-0.4, -0.2) is 27.8 Å². The number of nitrogens with one attached hydrogen (secondary N) is 1. The molecule has 3 aromatic carbocycles. The second kappa shape index (κ2) is 10.9. The second-order valence-electron chi connectivity index (χ2n) is 8.67. The summed E-state index contributed by atoms with van der Waals surface area (Å²) in [6.07, 6.45) is 3.32. The Morgan fingerprint density at radius 1 is 0.838 bits per heavy atom. The van der Waals surface area contributed by atoms with Crippen molar-refractivity contribution in [2.24, 2.45) is 0 Å². The fourth-order valence-electron chi connectivity index (χ4n) is 4.27. The molecule has 0 spiro atoms. The predicted molar refractivity (Wildman–Crippen MR) is 147 cm³/mol. The van der Waals surface area contributed by atoms with Crippen LogP contribution in [0.25, 0.3) is 28.2 Å². The van der Waals surface area contributed by atoms with Crippen molar-refractivity contribution in [3.63, 3.8) is 0 Å². The summed E-state index contributed by atoms with van der Waals surface area (Å²) in [4.78, 5) is 18.0. The highest BCUT2D eigenvalue weighted by molar-refractivity contribution is 6.05. The van der Waals surface area contributed by atoms with Crippen molar-refractivity contribution in [1.82, 2.24) is 14.8 Å². The van der Waals surface area contributed by atoms with Crippen LogP contribution in [0.4, 0.5) is 5.69 Å². The molecule has 1 amide bonds. The average Bonchev–Trinajstić information content (AvgIpc) is 3.38. The standard InChI is InChI=1S/C31H28N4O2/c1-3-8-30-27(21-32-35(30)25-9-5-4-6-10-25)31(36)33-24-17-13-22(14-18-24)28-11-7-12-29(34-28)23-15-19-26(37-2)20-16-23/h4-7,9-21H,3,8H2,1-2H3,(H,33,36). The molecule has 37 heavy (non-hydrogen) atoms. The van der Waals surface area contributed by atoms with Crippen LogP contribution in [0.2, 0.25) is 0 Å². The minimum Gasteiger partial charge on any atom is -0.497 e. The maximum atomic E-state index is 13.2. The number of nitrogens with zero attached hydrogens (tertiary/aromatic N) is 3. The fourth-order valence-corrected chi connectivity index (χ4v) is 4.27. The lowest BCUT2D eigenvalue weighted by molar-refractivity contribution is 0.102. The number of hydrogen-bond donors (Lipinski definition) is 1. The monoisotopic (exact) mass is 488 g/mol. The highest BCUT2D eigenvalue weighted by Gasteiger charge is 2.18. The number of amides is 1. The molecule has 0 radical (unpaired) electrons. The van der Waals surface area contributed by atoms with E-state index in [-0.39, 0.29) is 5.91 Å². The van der Waals surface area contributed by atoms with Gasteiger partial charge in [-0.1, -0.05) is 49.7 Å². The van der Waals surface area contributed by atoms with Gasteiger partial charge in [0.2, 0.25) is 0 Å². The van der Waals surface area contributed by atoms with Crippen molar-refractivity contribution >= 4 is 11.6 Å². The molecule has 1 N–H and O–H groups in total. The van der Waals surface area contributed by atoms with Crippen molar-refractivity contribution in [3.05, 3.63) is 115 Å². The first-order valence-corrected chi connectivity index (χ1v) is 12.3. The van der Waals surface area contributed by atoms with Crippen LogP contribution in [0.15, 0.2) is 103 Å². The summed E-state index contributed by atoms with van der Waals surface area (Å²) < 4.78 is 7.10. The Labute approximate surface area is 216 Å². The fraction of sp³-hybridized carbons (Fsp3) is 0.129. The van der Waals surface area contributed by atoms with Crippen LogP contribution in [0.5, 0.6) is 5.75 Å². The van der Waals surface area contributed by atoms with E-state index in [1.807, 2.05) is 102 Å². The molecule has 0 fully saturated rings. The van der Waals surface area contributed by atoms with Gasteiger partial charge >= 0.3 is 0 Å². The number of methoxy groups -OCH3 is 1. The lowest BCUT2D eigenvalue weighted by Gasteiger charge is -2.10. The quantitative estimate of drug-likeness (QED) is 0.260. The van der Waals surface area contributed by atoms with Gasteiger partial charge in [0.05, 0.1) is 41.6 Å². The Morgan fingerprint density at radius 3 is 2.11 bits per heavy atom. The van der Waals surface area contributed by atoms with E-state index >= 15 is 0 Å². The SMILES string of the molecule is CCCc1c(C(=O)Nc2ccc(-c3cccc(-c4ccc(OC)cc4)n3)cc2)cnn1-c1ccccc1. The number of rotatable bonds is 8. The summed E-state index contributed by atoms with van der Waals surface area (Å²) in [5, 5.41) is 7.53. The molecule has 5 aromatic rings. The molecule has 184 valence electrons. The Hall–Kier alpha value is -4.71. The molecule has 0 unspecified atom stereocenters. The summed E-state index contributed by atoms with van der Waals surface area (Å²) >= 11 is 0. The Balaban J connectivity index is 1.34. The van der Waals surface area contributed by atoms with E-state index in [1.165, 1.54) is 0 Å². The maximum absolute atomic E-state index is 13.2. The Kier molecular flexibility index (Phi) is 7.08. The molecule has 0 bridgehead atoms. The van der Waals surface area contributed by atoms with E-state index in [4.69, 9.17) is 9.72 Å². The third-order valence-electron chi connectivity index (χ3n) is 6.17. The summed E-state index contributed by atoms with van der Waals surface area (Å²) in [7, 11) is 1.65. The summed E-state index contributed by atoms with van der Waals surface area (Å²) in [6.45, 7) is 2.10. The van der Waals surface area contributed by atoms with E-state index in [0.717, 1.165) is 58.2 Å². The Bertz CT molecular complexity index is 1490. The van der Waals surface area contributed by atoms with Gasteiger partial charge in [0, 0.05) is 16.8 Å². The number of carbonyl (C=O) groups is 1. The third-order valence-corrected chi connectivity index (χ3v) is 6.17. The zero-order chi connectivity index (χ0) is 25.6. The number of hydrogen-bond acceptors (Lipinski definition) is 4. The highest BCUT2D eigenvalue weighted by atomic mass is 16.5. The zero-order valence-corrected chi connectivity index (χ0v) is 20.9.